The topological polar surface area (TPSA) is 12.0 Å². The van der Waals surface area contributed by atoms with E-state index in [-0.39, 0.29) is 5.82 Å². The Hall–Kier alpha value is -0.160. The molecule has 3 heteroatoms. The van der Waals surface area contributed by atoms with Crippen molar-refractivity contribution in [2.45, 2.75) is 25.4 Å². The molecule has 1 nitrogen and oxygen atoms in total. The third kappa shape index (κ3) is 2.64. The highest BCUT2D eigenvalue weighted by atomic mass is 127. The van der Waals surface area contributed by atoms with Crippen LogP contribution in [0.3, 0.4) is 0 Å². The van der Waals surface area contributed by atoms with Gasteiger partial charge in [-0.3, -0.25) is 0 Å². The van der Waals surface area contributed by atoms with Crippen LogP contribution in [0.1, 0.15) is 18.4 Å². The molecule has 0 saturated heterocycles. The van der Waals surface area contributed by atoms with Gasteiger partial charge >= 0.3 is 0 Å². The molecule has 1 aliphatic rings. The van der Waals surface area contributed by atoms with Gasteiger partial charge in [-0.2, -0.15) is 0 Å². The summed E-state index contributed by atoms with van der Waals surface area (Å²) in [5, 5.41) is 3.41. The summed E-state index contributed by atoms with van der Waals surface area (Å²) in [7, 11) is 0. The lowest BCUT2D eigenvalue weighted by atomic mass is 10.2. The molecule has 13 heavy (non-hydrogen) atoms. The van der Waals surface area contributed by atoms with Crippen LogP contribution >= 0.6 is 22.6 Å². The number of hydrogen-bond acceptors (Lipinski definition) is 1. The maximum atomic E-state index is 12.7. The second-order valence-corrected chi connectivity index (χ2v) is 4.55. The summed E-state index contributed by atoms with van der Waals surface area (Å²) in [6.07, 6.45) is 2.58. The lowest BCUT2D eigenvalue weighted by Crippen LogP contribution is -2.16. The SMILES string of the molecule is Fc1ccc(CNC2CC2)c(I)c1. The molecule has 0 bridgehead atoms. The van der Waals surface area contributed by atoms with Crippen molar-refractivity contribution in [2.24, 2.45) is 0 Å². The molecule has 1 aromatic rings. The molecule has 1 aliphatic carbocycles. The van der Waals surface area contributed by atoms with Crippen molar-refractivity contribution in [3.8, 4) is 0 Å². The first-order valence-electron chi connectivity index (χ1n) is 4.43. The zero-order chi connectivity index (χ0) is 9.26. The average Bonchev–Trinajstić information content (AvgIpc) is 2.86. The van der Waals surface area contributed by atoms with Gasteiger partial charge in [-0.25, -0.2) is 4.39 Å². The molecular weight excluding hydrogens is 280 g/mol. The van der Waals surface area contributed by atoms with Crippen LogP contribution in [-0.4, -0.2) is 6.04 Å². The summed E-state index contributed by atoms with van der Waals surface area (Å²) in [6, 6.07) is 5.66. The van der Waals surface area contributed by atoms with E-state index in [1.54, 1.807) is 6.07 Å². The number of hydrogen-bond donors (Lipinski definition) is 1. The van der Waals surface area contributed by atoms with Gasteiger partial charge in [0.25, 0.3) is 0 Å². The third-order valence-electron chi connectivity index (χ3n) is 2.17. The lowest BCUT2D eigenvalue weighted by Gasteiger charge is -2.05. The molecule has 0 unspecified atom stereocenters. The summed E-state index contributed by atoms with van der Waals surface area (Å²) in [5.41, 5.74) is 1.19. The molecule has 2 rings (SSSR count). The second kappa shape index (κ2) is 3.92. The maximum Gasteiger partial charge on any atom is 0.124 e. The van der Waals surface area contributed by atoms with Crippen molar-refractivity contribution in [1.82, 2.24) is 5.32 Å². The van der Waals surface area contributed by atoms with Gasteiger partial charge in [-0.15, -0.1) is 0 Å². The van der Waals surface area contributed by atoms with Gasteiger partial charge in [0.1, 0.15) is 5.82 Å². The third-order valence-corrected chi connectivity index (χ3v) is 3.18. The Labute approximate surface area is 90.9 Å². The van der Waals surface area contributed by atoms with Crippen molar-refractivity contribution < 1.29 is 4.39 Å². The van der Waals surface area contributed by atoms with E-state index >= 15 is 0 Å². The standard InChI is InChI=1S/C10H11FIN/c11-8-2-1-7(10(12)5-8)6-13-9-3-4-9/h1-2,5,9,13H,3-4,6H2. The van der Waals surface area contributed by atoms with Gasteiger partial charge < -0.3 is 5.32 Å². The van der Waals surface area contributed by atoms with Gasteiger partial charge in [-0.05, 0) is 53.1 Å². The molecule has 0 aromatic heterocycles. The number of nitrogens with one attached hydrogen (secondary N) is 1. The van der Waals surface area contributed by atoms with Crippen molar-refractivity contribution in [1.29, 1.82) is 0 Å². The van der Waals surface area contributed by atoms with Crippen molar-refractivity contribution in [3.05, 3.63) is 33.1 Å². The van der Waals surface area contributed by atoms with Gasteiger partial charge in [0.15, 0.2) is 0 Å². The molecule has 0 atom stereocenters. The van der Waals surface area contributed by atoms with E-state index in [1.165, 1.54) is 24.5 Å². The molecule has 70 valence electrons. The highest BCUT2D eigenvalue weighted by Crippen LogP contribution is 2.20. The molecule has 0 radical (unpaired) electrons. The molecule has 0 heterocycles. The zero-order valence-corrected chi connectivity index (χ0v) is 9.34. The van der Waals surface area contributed by atoms with E-state index in [0.717, 1.165) is 10.1 Å². The Kier molecular flexibility index (Phi) is 2.83. The van der Waals surface area contributed by atoms with Crippen molar-refractivity contribution in [2.75, 3.05) is 0 Å². The van der Waals surface area contributed by atoms with E-state index in [9.17, 15) is 4.39 Å². The molecule has 1 aromatic carbocycles. The number of benzene rings is 1. The smallest absolute Gasteiger partial charge is 0.124 e. The van der Waals surface area contributed by atoms with Gasteiger partial charge in [0, 0.05) is 16.2 Å². The highest BCUT2D eigenvalue weighted by molar-refractivity contribution is 14.1. The first-order valence-corrected chi connectivity index (χ1v) is 5.51. The Bertz CT molecular complexity index is 310. The Balaban J connectivity index is 2.01. The molecule has 1 saturated carbocycles. The van der Waals surface area contributed by atoms with Crippen LogP contribution in [0.15, 0.2) is 18.2 Å². The fraction of sp³-hybridized carbons (Fsp3) is 0.400. The van der Waals surface area contributed by atoms with Gasteiger partial charge in [0.05, 0.1) is 0 Å². The molecule has 0 spiro atoms. The van der Waals surface area contributed by atoms with Crippen molar-refractivity contribution in [3.63, 3.8) is 0 Å². The summed E-state index contributed by atoms with van der Waals surface area (Å²) in [4.78, 5) is 0. The average molecular weight is 291 g/mol. The van der Waals surface area contributed by atoms with Gasteiger partial charge in [-0.1, -0.05) is 6.07 Å². The fourth-order valence-electron chi connectivity index (χ4n) is 1.21. The Morgan fingerprint density at radius 3 is 2.85 bits per heavy atom. The highest BCUT2D eigenvalue weighted by Gasteiger charge is 2.20. The first-order chi connectivity index (χ1) is 6.25. The normalized spacial score (nSPS) is 16.2. The van der Waals surface area contributed by atoms with Crippen LogP contribution in [0.2, 0.25) is 0 Å². The Morgan fingerprint density at radius 1 is 1.46 bits per heavy atom. The summed E-state index contributed by atoms with van der Waals surface area (Å²) >= 11 is 2.17. The molecule has 1 fully saturated rings. The van der Waals surface area contributed by atoms with Gasteiger partial charge in [0.2, 0.25) is 0 Å². The van der Waals surface area contributed by atoms with Crippen LogP contribution in [0.4, 0.5) is 4.39 Å². The zero-order valence-electron chi connectivity index (χ0n) is 7.19. The summed E-state index contributed by atoms with van der Waals surface area (Å²) in [6.45, 7) is 0.864. The first kappa shape index (κ1) is 9.40. The predicted octanol–water partition coefficient (Wildman–Crippen LogP) is 2.68. The van der Waals surface area contributed by atoms with E-state index in [2.05, 4.69) is 27.9 Å². The second-order valence-electron chi connectivity index (χ2n) is 3.39. The van der Waals surface area contributed by atoms with Crippen LogP contribution in [0.5, 0.6) is 0 Å². The molecule has 0 amide bonds. The van der Waals surface area contributed by atoms with E-state index in [1.807, 2.05) is 6.07 Å². The minimum absolute atomic E-state index is 0.153. The lowest BCUT2D eigenvalue weighted by molar-refractivity contribution is 0.623. The van der Waals surface area contributed by atoms with Crippen molar-refractivity contribution >= 4 is 22.6 Å². The quantitative estimate of drug-likeness (QED) is 0.844. The Morgan fingerprint density at radius 2 is 2.23 bits per heavy atom. The monoisotopic (exact) mass is 291 g/mol. The number of halogens is 2. The molecule has 1 N–H and O–H groups in total. The van der Waals surface area contributed by atoms with E-state index in [0.29, 0.717) is 6.04 Å². The van der Waals surface area contributed by atoms with E-state index < -0.39 is 0 Å². The summed E-state index contributed by atoms with van der Waals surface area (Å²) < 4.78 is 13.7. The van der Waals surface area contributed by atoms with Crippen LogP contribution < -0.4 is 5.32 Å². The minimum atomic E-state index is -0.153. The van der Waals surface area contributed by atoms with Crippen LogP contribution in [0, 0.1) is 9.39 Å². The molecular formula is C10H11FIN. The van der Waals surface area contributed by atoms with Crippen LogP contribution in [-0.2, 0) is 6.54 Å². The predicted molar refractivity (Wildman–Crippen MR) is 59.0 cm³/mol. The molecule has 0 aliphatic heterocycles. The van der Waals surface area contributed by atoms with Crippen LogP contribution in [0.25, 0.3) is 0 Å². The van der Waals surface area contributed by atoms with E-state index in [4.69, 9.17) is 0 Å². The fourth-order valence-corrected chi connectivity index (χ4v) is 1.87. The maximum absolute atomic E-state index is 12.7. The minimum Gasteiger partial charge on any atom is -0.310 e. The number of rotatable bonds is 3. The largest absolute Gasteiger partial charge is 0.310 e. The summed E-state index contributed by atoms with van der Waals surface area (Å²) in [5.74, 6) is -0.153.